The van der Waals surface area contributed by atoms with E-state index >= 15 is 0 Å². The first-order valence-corrected chi connectivity index (χ1v) is 4.57. The summed E-state index contributed by atoms with van der Waals surface area (Å²) in [6, 6.07) is 1.15. The van der Waals surface area contributed by atoms with Crippen molar-refractivity contribution in [3.8, 4) is 0 Å². The van der Waals surface area contributed by atoms with Crippen LogP contribution < -0.4 is 5.73 Å². The van der Waals surface area contributed by atoms with Crippen LogP contribution >= 0.6 is 0 Å². The topological polar surface area (TPSA) is 29.3 Å². The van der Waals surface area contributed by atoms with Gasteiger partial charge in [0.2, 0.25) is 0 Å². The van der Waals surface area contributed by atoms with Crippen LogP contribution in [0.3, 0.4) is 0 Å². The van der Waals surface area contributed by atoms with Crippen molar-refractivity contribution < 1.29 is 0 Å². The van der Waals surface area contributed by atoms with Crippen molar-refractivity contribution >= 4 is 0 Å². The Bertz CT molecular complexity index is 123. The van der Waals surface area contributed by atoms with Gasteiger partial charge in [-0.25, -0.2) is 0 Å². The largest absolute Gasteiger partial charge is 0.328 e. The number of rotatable bonds is 1. The van der Waals surface area contributed by atoms with E-state index in [0.29, 0.717) is 12.1 Å². The quantitative estimate of drug-likeness (QED) is 0.615. The number of hydrogen-bond donors (Lipinski definition) is 1. The predicted molar refractivity (Wildman–Crippen MR) is 48.5 cm³/mol. The van der Waals surface area contributed by atoms with Gasteiger partial charge in [0.05, 0.1) is 0 Å². The molecule has 0 aromatic carbocycles. The van der Waals surface area contributed by atoms with Gasteiger partial charge in [0.1, 0.15) is 0 Å². The van der Waals surface area contributed by atoms with Gasteiger partial charge in [-0.3, -0.25) is 0 Å². The summed E-state index contributed by atoms with van der Waals surface area (Å²) >= 11 is 0. The summed E-state index contributed by atoms with van der Waals surface area (Å²) in [6.07, 6.45) is 2.34. The summed E-state index contributed by atoms with van der Waals surface area (Å²) in [5.41, 5.74) is 5.90. The van der Waals surface area contributed by atoms with Gasteiger partial charge in [0.15, 0.2) is 0 Å². The van der Waals surface area contributed by atoms with Gasteiger partial charge in [0.25, 0.3) is 0 Å². The monoisotopic (exact) mass is 156 g/mol. The van der Waals surface area contributed by atoms with Crippen LogP contribution in [-0.4, -0.2) is 30.6 Å². The van der Waals surface area contributed by atoms with Gasteiger partial charge in [0, 0.05) is 12.1 Å². The van der Waals surface area contributed by atoms with Crippen molar-refractivity contribution in [3.05, 3.63) is 0 Å². The van der Waals surface area contributed by atoms with Crippen molar-refractivity contribution in [1.29, 1.82) is 0 Å². The Kier molecular flexibility index (Phi) is 2.90. The second kappa shape index (κ2) is 3.55. The highest BCUT2D eigenvalue weighted by molar-refractivity contribution is 4.83. The zero-order valence-electron chi connectivity index (χ0n) is 7.88. The number of likely N-dealkylation sites (tertiary alicyclic amines) is 1. The molecule has 0 radical (unpaired) electrons. The molecule has 0 bridgehead atoms. The summed E-state index contributed by atoms with van der Waals surface area (Å²) in [7, 11) is 2.20. The van der Waals surface area contributed by atoms with E-state index in [2.05, 4.69) is 25.8 Å². The van der Waals surface area contributed by atoms with Crippen molar-refractivity contribution in [3.63, 3.8) is 0 Å². The molecule has 0 spiro atoms. The molecule has 11 heavy (non-hydrogen) atoms. The number of nitrogens with zero attached hydrogens (tertiary/aromatic N) is 1. The summed E-state index contributed by atoms with van der Waals surface area (Å²) < 4.78 is 0. The van der Waals surface area contributed by atoms with Gasteiger partial charge >= 0.3 is 0 Å². The van der Waals surface area contributed by atoms with E-state index in [0.717, 1.165) is 5.92 Å². The fourth-order valence-corrected chi connectivity index (χ4v) is 1.92. The van der Waals surface area contributed by atoms with Gasteiger partial charge in [-0.2, -0.15) is 0 Å². The highest BCUT2D eigenvalue weighted by Crippen LogP contribution is 2.20. The zero-order chi connectivity index (χ0) is 8.43. The normalized spacial score (nSPS) is 34.6. The molecule has 1 saturated heterocycles. The number of hydrogen-bond acceptors (Lipinski definition) is 2. The standard InChI is InChI=1S/C9H20N2/c1-7(2)9-6-8(10)4-5-11(9)3/h7-9H,4-6,10H2,1-3H3. The highest BCUT2D eigenvalue weighted by atomic mass is 15.1. The van der Waals surface area contributed by atoms with Gasteiger partial charge in [-0.15, -0.1) is 0 Å². The Morgan fingerprint density at radius 1 is 1.45 bits per heavy atom. The predicted octanol–water partition coefficient (Wildman–Crippen LogP) is 1.06. The van der Waals surface area contributed by atoms with Gasteiger partial charge in [-0.1, -0.05) is 13.8 Å². The Labute approximate surface area is 69.8 Å². The van der Waals surface area contributed by atoms with E-state index < -0.39 is 0 Å². The van der Waals surface area contributed by atoms with Crippen molar-refractivity contribution in [2.45, 2.75) is 38.8 Å². The molecule has 66 valence electrons. The summed E-state index contributed by atoms with van der Waals surface area (Å²) in [5, 5.41) is 0. The van der Waals surface area contributed by atoms with E-state index in [9.17, 15) is 0 Å². The van der Waals surface area contributed by atoms with E-state index in [1.54, 1.807) is 0 Å². The van der Waals surface area contributed by atoms with Gasteiger partial charge in [-0.05, 0) is 32.4 Å². The lowest BCUT2D eigenvalue weighted by Crippen LogP contribution is -2.47. The summed E-state index contributed by atoms with van der Waals surface area (Å²) in [6.45, 7) is 5.72. The third-order valence-corrected chi connectivity index (χ3v) is 2.73. The van der Waals surface area contributed by atoms with Crippen molar-refractivity contribution in [1.82, 2.24) is 4.90 Å². The van der Waals surface area contributed by atoms with Crippen LogP contribution in [0.15, 0.2) is 0 Å². The molecular formula is C9H20N2. The Hall–Kier alpha value is -0.0800. The summed E-state index contributed by atoms with van der Waals surface area (Å²) in [5.74, 6) is 0.742. The lowest BCUT2D eigenvalue weighted by molar-refractivity contribution is 0.131. The lowest BCUT2D eigenvalue weighted by atomic mass is 9.91. The first kappa shape index (κ1) is 9.01. The first-order chi connectivity index (χ1) is 5.11. The van der Waals surface area contributed by atoms with Crippen LogP contribution in [0.4, 0.5) is 0 Å². The second-order valence-electron chi connectivity index (χ2n) is 4.08. The van der Waals surface area contributed by atoms with E-state index in [1.165, 1.54) is 19.4 Å². The molecule has 1 rings (SSSR count). The number of nitrogens with two attached hydrogens (primary N) is 1. The van der Waals surface area contributed by atoms with Crippen LogP contribution in [0.2, 0.25) is 0 Å². The van der Waals surface area contributed by atoms with Crippen molar-refractivity contribution in [2.24, 2.45) is 11.7 Å². The maximum absolute atomic E-state index is 5.90. The maximum atomic E-state index is 5.90. The molecule has 0 aromatic heterocycles. The average molecular weight is 156 g/mol. The molecule has 2 heteroatoms. The van der Waals surface area contributed by atoms with E-state index in [-0.39, 0.29) is 0 Å². The third-order valence-electron chi connectivity index (χ3n) is 2.73. The molecule has 1 aliphatic rings. The van der Waals surface area contributed by atoms with Crippen LogP contribution in [0, 0.1) is 5.92 Å². The molecule has 1 fully saturated rings. The first-order valence-electron chi connectivity index (χ1n) is 4.57. The van der Waals surface area contributed by atoms with E-state index in [1.807, 2.05) is 0 Å². The molecule has 0 aliphatic carbocycles. The minimum Gasteiger partial charge on any atom is -0.328 e. The smallest absolute Gasteiger partial charge is 0.0130 e. The highest BCUT2D eigenvalue weighted by Gasteiger charge is 2.25. The fourth-order valence-electron chi connectivity index (χ4n) is 1.92. The fraction of sp³-hybridized carbons (Fsp3) is 1.00. The van der Waals surface area contributed by atoms with Crippen molar-refractivity contribution in [2.75, 3.05) is 13.6 Å². The Morgan fingerprint density at radius 2 is 2.09 bits per heavy atom. The minimum absolute atomic E-state index is 0.443. The molecule has 0 amide bonds. The number of piperidine rings is 1. The average Bonchev–Trinajstić information content (AvgIpc) is 1.94. The molecule has 1 aliphatic heterocycles. The summed E-state index contributed by atoms with van der Waals surface area (Å²) in [4.78, 5) is 2.44. The Morgan fingerprint density at radius 3 is 2.55 bits per heavy atom. The van der Waals surface area contributed by atoms with Crippen LogP contribution in [0.25, 0.3) is 0 Å². The Balaban J connectivity index is 2.47. The molecule has 2 N–H and O–H groups in total. The van der Waals surface area contributed by atoms with E-state index in [4.69, 9.17) is 5.73 Å². The minimum atomic E-state index is 0.443. The van der Waals surface area contributed by atoms with Gasteiger partial charge < -0.3 is 10.6 Å². The molecule has 2 unspecified atom stereocenters. The van der Waals surface area contributed by atoms with Crippen LogP contribution in [0.1, 0.15) is 26.7 Å². The maximum Gasteiger partial charge on any atom is 0.0130 e. The SMILES string of the molecule is CC(C)C1CC(N)CCN1C. The second-order valence-corrected chi connectivity index (χ2v) is 4.08. The lowest BCUT2D eigenvalue weighted by Gasteiger charge is -2.38. The van der Waals surface area contributed by atoms with Crippen LogP contribution in [-0.2, 0) is 0 Å². The molecular weight excluding hydrogens is 136 g/mol. The molecule has 1 heterocycles. The zero-order valence-corrected chi connectivity index (χ0v) is 7.88. The van der Waals surface area contributed by atoms with Crippen LogP contribution in [0.5, 0.6) is 0 Å². The molecule has 2 atom stereocenters. The molecule has 0 saturated carbocycles. The third kappa shape index (κ3) is 2.17. The molecule has 2 nitrogen and oxygen atoms in total. The molecule has 0 aromatic rings.